The first-order chi connectivity index (χ1) is 8.52. The third kappa shape index (κ3) is 4.40. The Hall–Kier alpha value is -1.26. The maximum atomic E-state index is 11.7. The minimum absolute atomic E-state index is 0.0566. The molecule has 1 saturated carbocycles. The first-order valence-electron chi connectivity index (χ1n) is 6.73. The predicted octanol–water partition coefficient (Wildman–Crippen LogP) is 2.79. The molecule has 0 aromatic rings. The Morgan fingerprint density at radius 3 is 2.37 bits per heavy atom. The lowest BCUT2D eigenvalue weighted by atomic mass is 9.57. The van der Waals surface area contributed by atoms with Gasteiger partial charge in [-0.1, -0.05) is 13.8 Å². The van der Waals surface area contributed by atoms with Crippen LogP contribution in [0.25, 0.3) is 0 Å². The second-order valence-corrected chi connectivity index (χ2v) is 6.89. The summed E-state index contributed by atoms with van der Waals surface area (Å²) in [7, 11) is 0. The third-order valence-electron chi connectivity index (χ3n) is 3.87. The average Bonchev–Trinajstić information content (AvgIpc) is 2.19. The van der Waals surface area contributed by atoms with Crippen LogP contribution in [-0.2, 0) is 9.53 Å². The number of carbonyl (C=O) groups excluding carboxylic acids is 1. The summed E-state index contributed by atoms with van der Waals surface area (Å²) < 4.78 is 5.23. The van der Waals surface area contributed by atoms with Gasteiger partial charge in [0.05, 0.1) is 0 Å². The van der Waals surface area contributed by atoms with Crippen LogP contribution in [0.2, 0.25) is 0 Å². The van der Waals surface area contributed by atoms with Crippen molar-refractivity contribution in [3.8, 4) is 0 Å². The molecule has 0 unspecified atom stereocenters. The zero-order valence-electron chi connectivity index (χ0n) is 12.4. The van der Waals surface area contributed by atoms with Gasteiger partial charge >= 0.3 is 12.1 Å². The molecule has 1 rings (SSSR count). The van der Waals surface area contributed by atoms with E-state index < -0.39 is 17.7 Å². The molecule has 110 valence electrons. The highest BCUT2D eigenvalue weighted by Gasteiger charge is 2.48. The van der Waals surface area contributed by atoms with Gasteiger partial charge in [-0.25, -0.2) is 4.79 Å². The van der Waals surface area contributed by atoms with Crippen molar-refractivity contribution < 1.29 is 19.4 Å². The van der Waals surface area contributed by atoms with Crippen molar-refractivity contribution in [1.29, 1.82) is 0 Å². The lowest BCUT2D eigenvalue weighted by molar-refractivity contribution is -0.138. The van der Waals surface area contributed by atoms with E-state index >= 15 is 0 Å². The molecule has 0 bridgehead atoms. The summed E-state index contributed by atoms with van der Waals surface area (Å²) in [5.41, 5.74) is -0.576. The molecule has 1 fully saturated rings. The van der Waals surface area contributed by atoms with Crippen LogP contribution in [0.3, 0.4) is 0 Å². The van der Waals surface area contributed by atoms with Gasteiger partial charge in [-0.15, -0.1) is 0 Å². The number of carboxylic acids is 1. The van der Waals surface area contributed by atoms with Gasteiger partial charge in [-0.2, -0.15) is 0 Å². The molecule has 0 aromatic heterocycles. The fourth-order valence-electron chi connectivity index (χ4n) is 2.50. The van der Waals surface area contributed by atoms with Crippen LogP contribution < -0.4 is 5.32 Å². The fourth-order valence-corrected chi connectivity index (χ4v) is 2.50. The van der Waals surface area contributed by atoms with Crippen molar-refractivity contribution in [2.45, 2.75) is 65.5 Å². The molecule has 0 aliphatic heterocycles. The molecular formula is C14H25NO4. The number of ether oxygens (including phenoxy) is 1. The van der Waals surface area contributed by atoms with Crippen LogP contribution in [0.5, 0.6) is 0 Å². The lowest BCUT2D eigenvalue weighted by Gasteiger charge is -2.52. The van der Waals surface area contributed by atoms with Crippen LogP contribution in [0.4, 0.5) is 4.79 Å². The first kappa shape index (κ1) is 15.8. The van der Waals surface area contributed by atoms with Crippen molar-refractivity contribution >= 4 is 12.1 Å². The van der Waals surface area contributed by atoms with Crippen LogP contribution in [0.15, 0.2) is 0 Å². The average molecular weight is 271 g/mol. The van der Waals surface area contributed by atoms with Crippen LogP contribution in [0, 0.1) is 11.3 Å². The molecule has 2 N–H and O–H groups in total. The number of hydrogen-bond donors (Lipinski definition) is 2. The van der Waals surface area contributed by atoms with Crippen molar-refractivity contribution in [1.82, 2.24) is 5.32 Å². The summed E-state index contributed by atoms with van der Waals surface area (Å²) >= 11 is 0. The van der Waals surface area contributed by atoms with E-state index in [1.54, 1.807) is 0 Å². The molecule has 1 aliphatic carbocycles. The van der Waals surface area contributed by atoms with E-state index in [4.69, 9.17) is 9.84 Å². The van der Waals surface area contributed by atoms with Crippen molar-refractivity contribution in [2.24, 2.45) is 11.3 Å². The quantitative estimate of drug-likeness (QED) is 0.824. The van der Waals surface area contributed by atoms with Crippen LogP contribution in [0.1, 0.15) is 53.9 Å². The zero-order valence-corrected chi connectivity index (χ0v) is 12.4. The first-order valence-corrected chi connectivity index (χ1v) is 6.73. The number of rotatable bonds is 4. The van der Waals surface area contributed by atoms with E-state index in [0.717, 1.165) is 6.42 Å². The minimum atomic E-state index is -0.764. The molecule has 1 amide bonds. The third-order valence-corrected chi connectivity index (χ3v) is 3.87. The second-order valence-electron chi connectivity index (χ2n) is 6.89. The van der Waals surface area contributed by atoms with Gasteiger partial charge in [0, 0.05) is 12.5 Å². The monoisotopic (exact) mass is 271 g/mol. The highest BCUT2D eigenvalue weighted by molar-refractivity contribution is 5.68. The van der Waals surface area contributed by atoms with Crippen molar-refractivity contribution in [3.63, 3.8) is 0 Å². The Morgan fingerprint density at radius 2 is 1.95 bits per heavy atom. The summed E-state index contributed by atoms with van der Waals surface area (Å²) in [6.07, 6.45) is 1.27. The largest absolute Gasteiger partial charge is 0.481 e. The molecule has 0 heterocycles. The topological polar surface area (TPSA) is 75.6 Å². The van der Waals surface area contributed by atoms with Gasteiger partial charge in [0.25, 0.3) is 0 Å². The van der Waals surface area contributed by atoms with Crippen LogP contribution >= 0.6 is 0 Å². The minimum Gasteiger partial charge on any atom is -0.481 e. The van der Waals surface area contributed by atoms with Crippen molar-refractivity contribution in [3.05, 3.63) is 0 Å². The molecule has 5 nitrogen and oxygen atoms in total. The Kier molecular flexibility index (Phi) is 4.48. The molecule has 0 spiro atoms. The number of carbonyl (C=O) groups is 2. The molecule has 0 aromatic carbocycles. The summed E-state index contributed by atoms with van der Waals surface area (Å²) in [5, 5.41) is 11.6. The summed E-state index contributed by atoms with van der Waals surface area (Å²) in [6, 6.07) is 0.0566. The SMILES string of the molecule is CC(C)(C)OC(=O)N[C@@H]1C[C@H](CCC(=O)O)C1(C)C. The lowest BCUT2D eigenvalue weighted by Crippen LogP contribution is -2.58. The van der Waals surface area contributed by atoms with Gasteiger partial charge in [-0.3, -0.25) is 4.79 Å². The Morgan fingerprint density at radius 1 is 1.37 bits per heavy atom. The van der Waals surface area contributed by atoms with Gasteiger partial charge in [0.15, 0.2) is 0 Å². The number of carboxylic acid groups (broad SMARTS) is 1. The highest BCUT2D eigenvalue weighted by atomic mass is 16.6. The van der Waals surface area contributed by atoms with Gasteiger partial charge in [-0.05, 0) is 44.9 Å². The van der Waals surface area contributed by atoms with E-state index in [2.05, 4.69) is 19.2 Å². The predicted molar refractivity (Wildman–Crippen MR) is 71.9 cm³/mol. The molecule has 19 heavy (non-hydrogen) atoms. The van der Waals surface area contributed by atoms with Gasteiger partial charge in [0.2, 0.25) is 0 Å². The Balaban J connectivity index is 2.42. The smallest absolute Gasteiger partial charge is 0.407 e. The van der Waals surface area contributed by atoms with E-state index in [1.165, 1.54) is 0 Å². The maximum absolute atomic E-state index is 11.7. The molecule has 2 atom stereocenters. The number of hydrogen-bond acceptors (Lipinski definition) is 3. The van der Waals surface area contributed by atoms with E-state index in [0.29, 0.717) is 12.3 Å². The molecular weight excluding hydrogens is 246 g/mol. The fraction of sp³-hybridized carbons (Fsp3) is 0.857. The zero-order chi connectivity index (χ0) is 14.8. The Bertz CT molecular complexity index is 357. The standard InChI is InChI=1S/C14H25NO4/c1-13(2,3)19-12(18)15-10-8-9(14(10,4)5)6-7-11(16)17/h9-10H,6-8H2,1-5H3,(H,15,18)(H,16,17)/t9-,10+/m0/s1. The second kappa shape index (κ2) is 5.39. The number of amides is 1. The summed E-state index contributed by atoms with van der Waals surface area (Å²) in [5.74, 6) is -0.428. The summed E-state index contributed by atoms with van der Waals surface area (Å²) in [4.78, 5) is 22.3. The number of aliphatic carboxylic acids is 1. The molecule has 5 heteroatoms. The van der Waals surface area contributed by atoms with Crippen molar-refractivity contribution in [2.75, 3.05) is 0 Å². The van der Waals surface area contributed by atoms with E-state index in [9.17, 15) is 9.59 Å². The van der Waals surface area contributed by atoms with Gasteiger partial charge in [0.1, 0.15) is 5.60 Å². The number of alkyl carbamates (subject to hydrolysis) is 1. The molecule has 0 saturated heterocycles. The molecule has 0 radical (unpaired) electrons. The Labute approximate surface area is 114 Å². The number of nitrogens with one attached hydrogen (secondary N) is 1. The van der Waals surface area contributed by atoms with Crippen LogP contribution in [-0.4, -0.2) is 28.8 Å². The summed E-state index contributed by atoms with van der Waals surface area (Å²) in [6.45, 7) is 9.60. The van der Waals surface area contributed by atoms with E-state index in [1.807, 2.05) is 20.8 Å². The highest BCUT2D eigenvalue weighted by Crippen LogP contribution is 2.48. The maximum Gasteiger partial charge on any atom is 0.407 e. The molecule has 1 aliphatic rings. The normalized spacial score (nSPS) is 25.3. The van der Waals surface area contributed by atoms with E-state index in [-0.39, 0.29) is 17.9 Å². The van der Waals surface area contributed by atoms with Gasteiger partial charge < -0.3 is 15.2 Å².